The molecule has 1 aliphatic heterocycles. The largest absolute Gasteiger partial charge is 0.478 e. The first-order valence-electron chi connectivity index (χ1n) is 17.1. The lowest BCUT2D eigenvalue weighted by Gasteiger charge is -2.30. The average Bonchev–Trinajstić information content (AvgIpc) is 3.82. The summed E-state index contributed by atoms with van der Waals surface area (Å²) in [6.07, 6.45) is 3.73. The lowest BCUT2D eigenvalue weighted by molar-refractivity contribution is -0.119. The van der Waals surface area contributed by atoms with Crippen LogP contribution in [0.15, 0.2) is 47.4 Å². The van der Waals surface area contributed by atoms with Crippen LogP contribution in [0.25, 0.3) is 0 Å². The Morgan fingerprint density at radius 2 is 1.31 bits per heavy atom. The zero-order chi connectivity index (χ0) is 40.1. The molecule has 4 aromatic rings. The number of carboxylic acids is 1. The zero-order valence-electron chi connectivity index (χ0n) is 29.3. The Hall–Kier alpha value is -5.03. The van der Waals surface area contributed by atoms with Crippen molar-refractivity contribution in [2.75, 3.05) is 29.4 Å². The SMILES string of the molecule is Cc1cc(C(=O)O)cc(C)c1N(Cc1cc(C2CC2)cc(N2CCCC2)c1)C(=O)CN(Cc1c(F)cc(F)cc1F)S(=O)(=O)c1c(F)c(F)c(F)c(F)c1F. The first-order chi connectivity index (χ1) is 25.9. The third-order valence-corrected chi connectivity index (χ3v) is 11.5. The molecule has 0 aromatic heterocycles. The molecule has 0 spiro atoms. The molecule has 292 valence electrons. The third-order valence-electron chi connectivity index (χ3n) is 9.69. The second kappa shape index (κ2) is 15.2. The minimum atomic E-state index is -6.04. The van der Waals surface area contributed by atoms with E-state index in [-0.39, 0.29) is 51.3 Å². The number of hydrogen-bond donors (Lipinski definition) is 1. The molecular formula is C38H33F8N3O5S. The van der Waals surface area contributed by atoms with E-state index in [1.807, 2.05) is 18.2 Å². The van der Waals surface area contributed by atoms with Crippen LogP contribution in [0, 0.1) is 60.4 Å². The Morgan fingerprint density at radius 3 is 1.84 bits per heavy atom. The van der Waals surface area contributed by atoms with E-state index in [2.05, 4.69) is 4.90 Å². The highest BCUT2D eigenvalue weighted by atomic mass is 32.2. The van der Waals surface area contributed by atoms with Crippen molar-refractivity contribution in [1.82, 2.24) is 4.31 Å². The van der Waals surface area contributed by atoms with E-state index in [4.69, 9.17) is 0 Å². The number of aromatic carboxylic acids is 1. The topological polar surface area (TPSA) is 98.2 Å². The number of benzene rings is 4. The first kappa shape index (κ1) is 39.7. The molecule has 1 aliphatic carbocycles. The van der Waals surface area contributed by atoms with Crippen molar-refractivity contribution < 1.29 is 58.2 Å². The fourth-order valence-corrected chi connectivity index (χ4v) is 8.35. The van der Waals surface area contributed by atoms with Gasteiger partial charge in [-0.3, -0.25) is 4.79 Å². The van der Waals surface area contributed by atoms with Crippen molar-refractivity contribution >= 4 is 33.3 Å². The van der Waals surface area contributed by atoms with Crippen LogP contribution in [0.4, 0.5) is 46.5 Å². The Balaban J connectivity index is 1.50. The summed E-state index contributed by atoms with van der Waals surface area (Å²) in [5.74, 6) is -20.6. The van der Waals surface area contributed by atoms with E-state index < -0.39 is 92.0 Å². The number of sulfonamides is 1. The summed E-state index contributed by atoms with van der Waals surface area (Å²) in [5.41, 5.74) is 1.53. The number of aryl methyl sites for hydroxylation is 2. The molecule has 1 N–H and O–H groups in total. The molecule has 1 saturated heterocycles. The first-order valence-corrected chi connectivity index (χ1v) is 18.5. The van der Waals surface area contributed by atoms with Crippen LogP contribution in [0.1, 0.15) is 69.8 Å². The van der Waals surface area contributed by atoms with Gasteiger partial charge in [-0.25, -0.2) is 48.3 Å². The van der Waals surface area contributed by atoms with E-state index in [0.29, 0.717) is 5.56 Å². The predicted molar refractivity (Wildman–Crippen MR) is 184 cm³/mol. The van der Waals surface area contributed by atoms with Crippen LogP contribution in [-0.4, -0.2) is 49.3 Å². The summed E-state index contributed by atoms with van der Waals surface area (Å²) < 4.78 is 144. The predicted octanol–water partition coefficient (Wildman–Crippen LogP) is 8.02. The molecule has 1 saturated carbocycles. The zero-order valence-corrected chi connectivity index (χ0v) is 30.2. The van der Waals surface area contributed by atoms with Crippen molar-refractivity contribution in [3.05, 3.63) is 122 Å². The fraction of sp³-hybridized carbons (Fsp3) is 0.316. The number of carbonyl (C=O) groups excluding carboxylic acids is 1. The molecule has 0 atom stereocenters. The molecular weight excluding hydrogens is 762 g/mol. The van der Waals surface area contributed by atoms with Gasteiger partial charge in [-0.05, 0) is 92.0 Å². The fourth-order valence-electron chi connectivity index (χ4n) is 6.88. The number of rotatable bonds is 12. The van der Waals surface area contributed by atoms with Crippen molar-refractivity contribution in [2.45, 2.75) is 63.4 Å². The highest BCUT2D eigenvalue weighted by molar-refractivity contribution is 7.89. The van der Waals surface area contributed by atoms with Crippen LogP contribution in [0.3, 0.4) is 0 Å². The van der Waals surface area contributed by atoms with Crippen molar-refractivity contribution in [3.8, 4) is 0 Å². The maximum Gasteiger partial charge on any atom is 0.335 e. The van der Waals surface area contributed by atoms with E-state index in [9.17, 15) is 49.5 Å². The van der Waals surface area contributed by atoms with Gasteiger partial charge in [0.2, 0.25) is 21.7 Å². The molecule has 1 heterocycles. The highest BCUT2D eigenvalue weighted by Crippen LogP contribution is 2.42. The van der Waals surface area contributed by atoms with Crippen molar-refractivity contribution in [1.29, 1.82) is 0 Å². The van der Waals surface area contributed by atoms with Gasteiger partial charge >= 0.3 is 5.97 Å². The molecule has 6 rings (SSSR count). The quantitative estimate of drug-likeness (QED) is 0.0887. The molecule has 55 heavy (non-hydrogen) atoms. The molecule has 2 aliphatic rings. The van der Waals surface area contributed by atoms with Gasteiger partial charge in [0.15, 0.2) is 28.2 Å². The van der Waals surface area contributed by atoms with E-state index in [1.54, 1.807) is 0 Å². The van der Waals surface area contributed by atoms with Crippen LogP contribution in [0.2, 0.25) is 0 Å². The monoisotopic (exact) mass is 795 g/mol. The molecule has 0 radical (unpaired) electrons. The lowest BCUT2D eigenvalue weighted by atomic mass is 10.0. The average molecular weight is 796 g/mol. The third kappa shape index (κ3) is 7.90. The smallest absolute Gasteiger partial charge is 0.335 e. The summed E-state index contributed by atoms with van der Waals surface area (Å²) >= 11 is 0. The summed E-state index contributed by atoms with van der Waals surface area (Å²) in [5, 5.41) is 9.67. The van der Waals surface area contributed by atoms with Crippen LogP contribution in [-0.2, 0) is 27.9 Å². The number of amides is 1. The van der Waals surface area contributed by atoms with E-state index >= 15 is 8.78 Å². The number of halogens is 8. The molecule has 4 aromatic carbocycles. The minimum absolute atomic E-state index is 0.0854. The molecule has 8 nitrogen and oxygen atoms in total. The maximum atomic E-state index is 15.1. The Morgan fingerprint density at radius 1 is 0.764 bits per heavy atom. The van der Waals surface area contributed by atoms with Crippen LogP contribution < -0.4 is 9.80 Å². The van der Waals surface area contributed by atoms with Crippen LogP contribution >= 0.6 is 0 Å². The number of carboxylic acid groups (broad SMARTS) is 1. The number of carbonyl (C=O) groups is 2. The van der Waals surface area contributed by atoms with Gasteiger partial charge in [0.25, 0.3) is 0 Å². The maximum absolute atomic E-state index is 15.1. The minimum Gasteiger partial charge on any atom is -0.478 e. The molecule has 2 fully saturated rings. The second-order valence-corrected chi connectivity index (χ2v) is 15.5. The molecule has 0 unspecified atom stereocenters. The lowest BCUT2D eigenvalue weighted by Crippen LogP contribution is -2.44. The second-order valence-electron chi connectivity index (χ2n) is 13.7. The van der Waals surface area contributed by atoms with Gasteiger partial charge in [0, 0.05) is 48.7 Å². The van der Waals surface area contributed by atoms with Crippen molar-refractivity contribution in [3.63, 3.8) is 0 Å². The Bertz CT molecular complexity index is 2260. The molecule has 17 heteroatoms. The Kier molecular flexibility index (Phi) is 11.0. The van der Waals surface area contributed by atoms with Gasteiger partial charge in [0.05, 0.1) is 18.7 Å². The normalized spacial score (nSPS) is 14.6. The standard InChI is InChI=1S/C38H33F8N3O5S/c1-19-9-24(38(51)52)10-20(2)36(19)49(16-21-11-23(22-5-6-22)13-26(12-21)47-7-3-4-8-47)30(50)18-48(17-27-28(40)14-25(39)15-29(27)41)55(53,54)37-34(45)32(43)31(42)33(44)35(37)46/h9-15,22H,3-8,16-18H2,1-2H3,(H,51,52). The van der Waals surface area contributed by atoms with Gasteiger partial charge in [-0.15, -0.1) is 0 Å². The number of anilines is 2. The summed E-state index contributed by atoms with van der Waals surface area (Å²) in [6.45, 7) is 1.11. The van der Waals surface area contributed by atoms with Crippen LogP contribution in [0.5, 0.6) is 0 Å². The summed E-state index contributed by atoms with van der Waals surface area (Å²) in [7, 11) is -6.04. The van der Waals surface area contributed by atoms with Crippen molar-refractivity contribution in [2.24, 2.45) is 0 Å². The van der Waals surface area contributed by atoms with Gasteiger partial charge in [0.1, 0.15) is 17.5 Å². The summed E-state index contributed by atoms with van der Waals surface area (Å²) in [4.78, 5) is 27.2. The Labute approximate surface area is 310 Å². The van der Waals surface area contributed by atoms with Gasteiger partial charge < -0.3 is 14.9 Å². The number of nitrogens with zero attached hydrogens (tertiary/aromatic N) is 3. The number of hydrogen-bond acceptors (Lipinski definition) is 5. The highest BCUT2D eigenvalue weighted by Gasteiger charge is 2.40. The molecule has 1 amide bonds. The van der Waals surface area contributed by atoms with E-state index in [0.717, 1.165) is 54.9 Å². The van der Waals surface area contributed by atoms with Gasteiger partial charge in [-0.2, -0.15) is 4.31 Å². The van der Waals surface area contributed by atoms with Gasteiger partial charge in [-0.1, -0.05) is 6.07 Å². The summed E-state index contributed by atoms with van der Waals surface area (Å²) in [6, 6.07) is 8.53. The van der Waals surface area contributed by atoms with E-state index in [1.165, 1.54) is 26.0 Å². The molecule has 0 bridgehead atoms.